The highest BCUT2D eigenvalue weighted by Gasteiger charge is 2.14. The molecule has 0 radical (unpaired) electrons. The fourth-order valence-electron chi connectivity index (χ4n) is 1.90. The molecular formula is C16H15BrN4O4. The number of hydrogen-bond acceptors (Lipinski definition) is 6. The molecule has 0 spiro atoms. The molecule has 2 rings (SSSR count). The average Bonchev–Trinajstić information content (AvgIpc) is 2.61. The van der Waals surface area contributed by atoms with Gasteiger partial charge in [-0.3, -0.25) is 14.9 Å². The zero-order valence-electron chi connectivity index (χ0n) is 13.2. The minimum absolute atomic E-state index is 0.0434. The van der Waals surface area contributed by atoms with Crippen molar-refractivity contribution in [2.24, 2.45) is 5.10 Å². The summed E-state index contributed by atoms with van der Waals surface area (Å²) in [6, 6.07) is 11.8. The Hall–Kier alpha value is -2.94. The van der Waals surface area contributed by atoms with Gasteiger partial charge in [0, 0.05) is 21.8 Å². The first kappa shape index (κ1) is 18.4. The number of carbonyl (C=O) groups is 1. The van der Waals surface area contributed by atoms with E-state index in [-0.39, 0.29) is 23.9 Å². The van der Waals surface area contributed by atoms with Gasteiger partial charge in [0.25, 0.3) is 5.91 Å². The molecular weight excluding hydrogens is 392 g/mol. The molecule has 1 amide bonds. The van der Waals surface area contributed by atoms with E-state index in [9.17, 15) is 14.9 Å². The van der Waals surface area contributed by atoms with Crippen LogP contribution in [0.5, 0.6) is 5.75 Å². The maximum absolute atomic E-state index is 11.7. The number of hydrogen-bond donors (Lipinski definition) is 2. The highest BCUT2D eigenvalue weighted by atomic mass is 79.9. The van der Waals surface area contributed by atoms with Gasteiger partial charge in [-0.2, -0.15) is 5.10 Å². The molecule has 2 aromatic rings. The molecule has 0 aliphatic carbocycles. The maximum Gasteiger partial charge on any atom is 0.311 e. The molecule has 0 heterocycles. The number of amides is 1. The summed E-state index contributed by atoms with van der Waals surface area (Å²) in [7, 11) is 1.36. The van der Waals surface area contributed by atoms with Crippen molar-refractivity contribution in [3.05, 3.63) is 62.6 Å². The Morgan fingerprint density at radius 1 is 1.32 bits per heavy atom. The smallest absolute Gasteiger partial charge is 0.311 e. The third kappa shape index (κ3) is 5.57. The summed E-state index contributed by atoms with van der Waals surface area (Å²) in [5, 5.41) is 17.7. The van der Waals surface area contributed by atoms with Crippen LogP contribution in [0.2, 0.25) is 0 Å². The lowest BCUT2D eigenvalue weighted by atomic mass is 10.2. The van der Waals surface area contributed by atoms with Crippen LogP contribution in [0.1, 0.15) is 5.56 Å². The monoisotopic (exact) mass is 406 g/mol. The Balaban J connectivity index is 1.89. The summed E-state index contributed by atoms with van der Waals surface area (Å²) in [4.78, 5) is 22.1. The SMILES string of the molecule is COc1ccc(/C=N\NC(=O)CNc2ccc(Br)cc2)cc1[N+](=O)[O-]. The van der Waals surface area contributed by atoms with Gasteiger partial charge >= 0.3 is 5.69 Å². The van der Waals surface area contributed by atoms with Crippen molar-refractivity contribution in [2.75, 3.05) is 19.0 Å². The minimum Gasteiger partial charge on any atom is -0.490 e. The summed E-state index contributed by atoms with van der Waals surface area (Å²) in [6.45, 7) is 0.0434. The number of halogens is 1. The van der Waals surface area contributed by atoms with Crippen LogP contribution in [0.3, 0.4) is 0 Å². The summed E-state index contributed by atoms with van der Waals surface area (Å²) in [5.74, 6) is -0.188. The van der Waals surface area contributed by atoms with Crippen molar-refractivity contribution < 1.29 is 14.5 Å². The molecule has 2 aromatic carbocycles. The number of ether oxygens (including phenoxy) is 1. The van der Waals surface area contributed by atoms with Crippen molar-refractivity contribution in [1.29, 1.82) is 0 Å². The van der Waals surface area contributed by atoms with Crippen LogP contribution in [0, 0.1) is 10.1 Å². The van der Waals surface area contributed by atoms with Gasteiger partial charge in [-0.05, 0) is 36.4 Å². The third-order valence-corrected chi connectivity index (χ3v) is 3.63. The van der Waals surface area contributed by atoms with Crippen LogP contribution in [0.25, 0.3) is 0 Å². The van der Waals surface area contributed by atoms with Crippen LogP contribution >= 0.6 is 15.9 Å². The van der Waals surface area contributed by atoms with Crippen LogP contribution in [0.4, 0.5) is 11.4 Å². The largest absolute Gasteiger partial charge is 0.490 e. The van der Waals surface area contributed by atoms with Crippen molar-refractivity contribution >= 4 is 39.4 Å². The van der Waals surface area contributed by atoms with E-state index in [1.54, 1.807) is 6.07 Å². The predicted molar refractivity (Wildman–Crippen MR) is 98.0 cm³/mol. The first-order valence-electron chi connectivity index (χ1n) is 7.13. The van der Waals surface area contributed by atoms with E-state index >= 15 is 0 Å². The second-order valence-electron chi connectivity index (χ2n) is 4.84. The molecule has 8 nitrogen and oxygen atoms in total. The average molecular weight is 407 g/mol. The topological polar surface area (TPSA) is 106 Å². The Morgan fingerprint density at radius 2 is 2.04 bits per heavy atom. The van der Waals surface area contributed by atoms with Crippen LogP contribution in [0.15, 0.2) is 52.0 Å². The normalized spacial score (nSPS) is 10.5. The molecule has 0 aromatic heterocycles. The van der Waals surface area contributed by atoms with E-state index in [1.165, 1.54) is 25.5 Å². The molecule has 0 saturated carbocycles. The first-order chi connectivity index (χ1) is 12.0. The second-order valence-corrected chi connectivity index (χ2v) is 5.76. The van der Waals surface area contributed by atoms with Gasteiger partial charge in [-0.25, -0.2) is 5.43 Å². The zero-order valence-corrected chi connectivity index (χ0v) is 14.8. The summed E-state index contributed by atoms with van der Waals surface area (Å²) < 4.78 is 5.86. The number of rotatable bonds is 7. The van der Waals surface area contributed by atoms with Gasteiger partial charge in [0.1, 0.15) is 0 Å². The van der Waals surface area contributed by atoms with Gasteiger partial charge in [0.05, 0.1) is 24.8 Å². The number of hydrazone groups is 1. The van der Waals surface area contributed by atoms with E-state index in [0.717, 1.165) is 10.2 Å². The van der Waals surface area contributed by atoms with E-state index in [1.807, 2.05) is 24.3 Å². The minimum atomic E-state index is -0.545. The van der Waals surface area contributed by atoms with Crippen LogP contribution in [-0.4, -0.2) is 30.7 Å². The third-order valence-electron chi connectivity index (χ3n) is 3.10. The molecule has 0 aliphatic rings. The predicted octanol–water partition coefficient (Wildman–Crippen LogP) is 2.93. The first-order valence-corrected chi connectivity index (χ1v) is 7.92. The summed E-state index contributed by atoms with van der Waals surface area (Å²) >= 11 is 3.33. The molecule has 0 atom stereocenters. The van der Waals surface area contributed by atoms with E-state index in [0.29, 0.717) is 5.56 Å². The second kappa shape index (κ2) is 8.78. The Labute approximate surface area is 152 Å². The van der Waals surface area contributed by atoms with Crippen LogP contribution in [-0.2, 0) is 4.79 Å². The van der Waals surface area contributed by atoms with Gasteiger partial charge in [-0.15, -0.1) is 0 Å². The Kier molecular flexibility index (Phi) is 6.47. The van der Waals surface area contributed by atoms with Crippen molar-refractivity contribution in [3.8, 4) is 5.75 Å². The lowest BCUT2D eigenvalue weighted by Gasteiger charge is -2.05. The number of nitrogens with one attached hydrogen (secondary N) is 2. The molecule has 0 unspecified atom stereocenters. The van der Waals surface area contributed by atoms with Gasteiger partial charge in [0.15, 0.2) is 5.75 Å². The molecule has 0 bridgehead atoms. The Morgan fingerprint density at radius 3 is 2.68 bits per heavy atom. The lowest BCUT2D eigenvalue weighted by Crippen LogP contribution is -2.25. The van der Waals surface area contributed by atoms with Gasteiger partial charge < -0.3 is 10.1 Å². The van der Waals surface area contributed by atoms with Gasteiger partial charge in [0.2, 0.25) is 0 Å². The summed E-state index contributed by atoms with van der Waals surface area (Å²) in [6.07, 6.45) is 1.32. The number of benzene rings is 2. The number of anilines is 1. The quantitative estimate of drug-likeness (QED) is 0.417. The highest BCUT2D eigenvalue weighted by Crippen LogP contribution is 2.26. The van der Waals surface area contributed by atoms with E-state index in [4.69, 9.17) is 4.74 Å². The van der Waals surface area contributed by atoms with Crippen molar-refractivity contribution in [1.82, 2.24) is 5.43 Å². The number of methoxy groups -OCH3 is 1. The molecule has 2 N–H and O–H groups in total. The number of nitrogens with zero attached hydrogens (tertiary/aromatic N) is 2. The molecule has 0 aliphatic heterocycles. The maximum atomic E-state index is 11.7. The number of nitro benzene ring substituents is 1. The zero-order chi connectivity index (χ0) is 18.2. The standard InChI is InChI=1S/C16H15BrN4O4/c1-25-15-7-2-11(8-14(15)21(23)24)9-19-20-16(22)10-18-13-5-3-12(17)4-6-13/h2-9,18H,10H2,1H3,(H,20,22)/b19-9-. The molecule has 0 fully saturated rings. The summed E-state index contributed by atoms with van der Waals surface area (Å²) in [5.41, 5.74) is 3.44. The van der Waals surface area contributed by atoms with Crippen molar-refractivity contribution in [3.63, 3.8) is 0 Å². The fraction of sp³-hybridized carbons (Fsp3) is 0.125. The van der Waals surface area contributed by atoms with E-state index in [2.05, 4.69) is 31.8 Å². The molecule has 25 heavy (non-hydrogen) atoms. The Bertz CT molecular complexity index is 793. The molecule has 9 heteroatoms. The number of carbonyl (C=O) groups excluding carboxylic acids is 1. The lowest BCUT2D eigenvalue weighted by molar-refractivity contribution is -0.385. The molecule has 0 saturated heterocycles. The fourth-order valence-corrected chi connectivity index (χ4v) is 2.16. The van der Waals surface area contributed by atoms with Crippen LogP contribution < -0.4 is 15.5 Å². The molecule has 130 valence electrons. The highest BCUT2D eigenvalue weighted by molar-refractivity contribution is 9.10. The van der Waals surface area contributed by atoms with Crippen molar-refractivity contribution in [2.45, 2.75) is 0 Å². The van der Waals surface area contributed by atoms with E-state index < -0.39 is 4.92 Å². The number of nitro groups is 1. The van der Waals surface area contributed by atoms with Gasteiger partial charge in [-0.1, -0.05) is 15.9 Å².